The molecule has 1 unspecified atom stereocenters. The van der Waals surface area contributed by atoms with Crippen LogP contribution < -0.4 is 10.6 Å². The quantitative estimate of drug-likeness (QED) is 0.801. The second-order valence-corrected chi connectivity index (χ2v) is 5.21. The minimum absolute atomic E-state index is 0.154. The summed E-state index contributed by atoms with van der Waals surface area (Å²) in [7, 11) is 0. The van der Waals surface area contributed by atoms with E-state index >= 15 is 0 Å². The first-order valence-corrected chi connectivity index (χ1v) is 7.47. The van der Waals surface area contributed by atoms with Gasteiger partial charge in [0.15, 0.2) is 0 Å². The van der Waals surface area contributed by atoms with E-state index in [4.69, 9.17) is 10.5 Å². The smallest absolute Gasteiger partial charge is 0.340 e. The van der Waals surface area contributed by atoms with Crippen molar-refractivity contribution in [1.29, 1.82) is 0 Å². The molecule has 0 aromatic carbocycles. The standard InChI is InChI=1S/C15H23N3O3/c1-2-21-15(20)12-9-14(17-10-13(12)16)18-7-4-3-5-11(18)6-8-19/h9-11,19H,2-8,16H2,1H3. The van der Waals surface area contributed by atoms with Gasteiger partial charge in [-0.25, -0.2) is 9.78 Å². The number of esters is 1. The second kappa shape index (κ2) is 7.26. The maximum atomic E-state index is 11.9. The highest BCUT2D eigenvalue weighted by Crippen LogP contribution is 2.27. The van der Waals surface area contributed by atoms with Gasteiger partial charge in [0.1, 0.15) is 5.82 Å². The van der Waals surface area contributed by atoms with Crippen LogP contribution in [0.4, 0.5) is 11.5 Å². The Bertz CT molecular complexity index is 491. The van der Waals surface area contributed by atoms with Crippen LogP contribution >= 0.6 is 0 Å². The molecule has 0 bridgehead atoms. The minimum atomic E-state index is -0.422. The molecule has 0 amide bonds. The molecule has 1 aliphatic heterocycles. The highest BCUT2D eigenvalue weighted by molar-refractivity contribution is 5.95. The van der Waals surface area contributed by atoms with Crippen LogP contribution in [0.1, 0.15) is 43.0 Å². The fourth-order valence-corrected chi connectivity index (χ4v) is 2.75. The number of carbonyl (C=O) groups excluding carboxylic acids is 1. The van der Waals surface area contributed by atoms with E-state index in [1.165, 1.54) is 6.20 Å². The van der Waals surface area contributed by atoms with Gasteiger partial charge >= 0.3 is 5.97 Å². The number of pyridine rings is 1. The van der Waals surface area contributed by atoms with Crippen molar-refractivity contribution < 1.29 is 14.6 Å². The van der Waals surface area contributed by atoms with Gasteiger partial charge in [0.25, 0.3) is 0 Å². The molecule has 0 aliphatic carbocycles. The van der Waals surface area contributed by atoms with Gasteiger partial charge in [0.2, 0.25) is 0 Å². The highest BCUT2D eigenvalue weighted by Gasteiger charge is 2.24. The molecule has 1 aromatic rings. The van der Waals surface area contributed by atoms with Crippen LogP contribution in [-0.2, 0) is 4.74 Å². The fourth-order valence-electron chi connectivity index (χ4n) is 2.75. The molecule has 1 aliphatic rings. The van der Waals surface area contributed by atoms with Crippen LogP contribution in [0, 0.1) is 0 Å². The third kappa shape index (κ3) is 3.64. The Balaban J connectivity index is 2.26. The molecule has 6 heteroatoms. The number of carbonyl (C=O) groups is 1. The summed E-state index contributed by atoms with van der Waals surface area (Å²) in [5.41, 5.74) is 6.51. The number of piperidine rings is 1. The number of rotatable bonds is 5. The van der Waals surface area contributed by atoms with Crippen molar-refractivity contribution in [2.45, 2.75) is 38.6 Å². The summed E-state index contributed by atoms with van der Waals surface area (Å²) < 4.78 is 5.02. The zero-order valence-corrected chi connectivity index (χ0v) is 12.4. The number of hydrogen-bond donors (Lipinski definition) is 2. The first-order chi connectivity index (χ1) is 10.2. The number of aromatic nitrogens is 1. The van der Waals surface area contributed by atoms with Crippen molar-refractivity contribution in [1.82, 2.24) is 4.98 Å². The van der Waals surface area contributed by atoms with E-state index < -0.39 is 5.97 Å². The van der Waals surface area contributed by atoms with Crippen molar-refractivity contribution in [3.63, 3.8) is 0 Å². The zero-order chi connectivity index (χ0) is 15.2. The van der Waals surface area contributed by atoms with E-state index in [-0.39, 0.29) is 12.6 Å². The van der Waals surface area contributed by atoms with Gasteiger partial charge < -0.3 is 20.5 Å². The minimum Gasteiger partial charge on any atom is -0.462 e. The molecule has 6 nitrogen and oxygen atoms in total. The van der Waals surface area contributed by atoms with Gasteiger partial charge in [-0.2, -0.15) is 0 Å². The average Bonchev–Trinajstić information content (AvgIpc) is 2.49. The van der Waals surface area contributed by atoms with Gasteiger partial charge in [0, 0.05) is 19.2 Å². The molecule has 1 atom stereocenters. The van der Waals surface area contributed by atoms with Gasteiger partial charge in [-0.15, -0.1) is 0 Å². The number of anilines is 2. The van der Waals surface area contributed by atoms with Crippen molar-refractivity contribution in [2.24, 2.45) is 0 Å². The first kappa shape index (κ1) is 15.6. The van der Waals surface area contributed by atoms with E-state index in [0.29, 0.717) is 24.3 Å². The molecule has 1 fully saturated rings. The summed E-state index contributed by atoms with van der Waals surface area (Å²) in [5.74, 6) is 0.305. The number of hydrogen-bond acceptors (Lipinski definition) is 6. The van der Waals surface area contributed by atoms with Crippen LogP contribution in [0.15, 0.2) is 12.3 Å². The van der Waals surface area contributed by atoms with E-state index in [9.17, 15) is 9.90 Å². The van der Waals surface area contributed by atoms with Gasteiger partial charge in [-0.3, -0.25) is 0 Å². The highest BCUT2D eigenvalue weighted by atomic mass is 16.5. The largest absolute Gasteiger partial charge is 0.462 e. The molecule has 116 valence electrons. The average molecular weight is 293 g/mol. The molecular weight excluding hydrogens is 270 g/mol. The van der Waals surface area contributed by atoms with Crippen molar-refractivity contribution in [3.05, 3.63) is 17.8 Å². The number of nitrogens with zero attached hydrogens (tertiary/aromatic N) is 2. The number of nitrogens with two attached hydrogens (primary N) is 1. The normalized spacial score (nSPS) is 18.6. The van der Waals surface area contributed by atoms with Crippen LogP contribution in [0.5, 0.6) is 0 Å². The molecule has 1 aromatic heterocycles. The van der Waals surface area contributed by atoms with Crippen molar-refractivity contribution in [3.8, 4) is 0 Å². The van der Waals surface area contributed by atoms with Crippen molar-refractivity contribution in [2.75, 3.05) is 30.4 Å². The number of aliphatic hydroxyl groups excluding tert-OH is 1. The van der Waals surface area contributed by atoms with E-state index in [1.54, 1.807) is 13.0 Å². The van der Waals surface area contributed by atoms with Crippen LogP contribution in [0.3, 0.4) is 0 Å². The summed E-state index contributed by atoms with van der Waals surface area (Å²) in [4.78, 5) is 18.4. The lowest BCUT2D eigenvalue weighted by molar-refractivity contribution is 0.0527. The summed E-state index contributed by atoms with van der Waals surface area (Å²) in [6, 6.07) is 1.96. The van der Waals surface area contributed by atoms with Gasteiger partial charge in [-0.05, 0) is 38.7 Å². The second-order valence-electron chi connectivity index (χ2n) is 5.21. The van der Waals surface area contributed by atoms with E-state index in [1.807, 2.05) is 0 Å². The third-order valence-electron chi connectivity index (χ3n) is 3.80. The monoisotopic (exact) mass is 293 g/mol. The summed E-state index contributed by atoms with van der Waals surface area (Å²) in [5, 5.41) is 9.20. The molecule has 21 heavy (non-hydrogen) atoms. The lowest BCUT2D eigenvalue weighted by Crippen LogP contribution is -2.40. The molecule has 0 radical (unpaired) electrons. The topological polar surface area (TPSA) is 88.7 Å². The molecule has 3 N–H and O–H groups in total. The Morgan fingerprint density at radius 3 is 3.10 bits per heavy atom. The maximum Gasteiger partial charge on any atom is 0.340 e. The lowest BCUT2D eigenvalue weighted by Gasteiger charge is -2.36. The molecule has 0 saturated carbocycles. The molecule has 1 saturated heterocycles. The number of ether oxygens (including phenoxy) is 1. The maximum absolute atomic E-state index is 11.9. The summed E-state index contributed by atoms with van der Waals surface area (Å²) in [6.45, 7) is 3.11. The number of aliphatic hydroxyl groups is 1. The lowest BCUT2D eigenvalue weighted by atomic mass is 9.99. The summed E-state index contributed by atoms with van der Waals surface area (Å²) >= 11 is 0. The predicted molar refractivity (Wildman–Crippen MR) is 81.3 cm³/mol. The van der Waals surface area contributed by atoms with Crippen LogP contribution in [0.2, 0.25) is 0 Å². The van der Waals surface area contributed by atoms with Crippen LogP contribution in [0.25, 0.3) is 0 Å². The van der Waals surface area contributed by atoms with Gasteiger partial charge in [0.05, 0.1) is 24.1 Å². The SMILES string of the molecule is CCOC(=O)c1cc(N2CCCCC2CCO)ncc1N. The Labute approximate surface area is 124 Å². The third-order valence-corrected chi connectivity index (χ3v) is 3.80. The molecule has 2 heterocycles. The van der Waals surface area contributed by atoms with Crippen LogP contribution in [-0.4, -0.2) is 41.9 Å². The molecule has 2 rings (SSSR count). The fraction of sp³-hybridized carbons (Fsp3) is 0.600. The predicted octanol–water partition coefficient (Wildman–Crippen LogP) is 1.58. The number of nitrogen functional groups attached to an aromatic ring is 1. The Hall–Kier alpha value is -1.82. The Kier molecular flexibility index (Phi) is 5.38. The Morgan fingerprint density at radius 2 is 2.38 bits per heavy atom. The van der Waals surface area contributed by atoms with Gasteiger partial charge in [-0.1, -0.05) is 0 Å². The zero-order valence-electron chi connectivity index (χ0n) is 12.4. The van der Waals surface area contributed by atoms with Crippen molar-refractivity contribution >= 4 is 17.5 Å². The first-order valence-electron chi connectivity index (χ1n) is 7.47. The summed E-state index contributed by atoms with van der Waals surface area (Å²) in [6.07, 6.45) is 5.48. The molecule has 0 spiro atoms. The molecular formula is C15H23N3O3. The Morgan fingerprint density at radius 1 is 1.57 bits per heavy atom. The van der Waals surface area contributed by atoms with E-state index in [0.717, 1.165) is 31.6 Å². The van der Waals surface area contributed by atoms with E-state index in [2.05, 4.69) is 9.88 Å².